The second kappa shape index (κ2) is 19.3. The maximum atomic E-state index is 13.9. The summed E-state index contributed by atoms with van der Waals surface area (Å²) >= 11 is 0. The number of benzene rings is 3. The molecule has 2 heterocycles. The molecule has 9 N–H and O–H groups in total. The zero-order valence-electron chi connectivity index (χ0n) is 35.1. The standard InChI is InChI=1S/C42H44N2O20.Na/c1-15-29(46)21(44-40(56)60-14-17-7-9-18(10-8-17)43-41(57)64-39-36(53)34(51)35(52)37(63-39)38(54)55)11-24(61-15)62-23-13-42(58,16(2)45)12-20-26(23)33(50)28-27(31(20)48)30(47)19-5-4-6-22(59-3)25(19)32(28)49;/h4-10,15,21,23-24,29,34-37,39,46,48,50-53,58H,11-14H2,1-3H3,(H,43,57)(H,44,56)(H,54,55);/q;+1/p-1/t15-,21-,23-,24-,29+,34-,35-,36+,37-,39-,42-;/m0./s1. The normalized spacial score (nSPS) is 29.2. The summed E-state index contributed by atoms with van der Waals surface area (Å²) in [4.78, 5) is 77.2. The third kappa shape index (κ3) is 9.42. The number of ether oxygens (including phenoxy) is 6. The number of carbonyl (C=O) groups excluding carboxylic acids is 6. The number of fused-ring (bicyclic) bond motifs is 3. The minimum Gasteiger partial charge on any atom is -0.547 e. The van der Waals surface area contributed by atoms with E-state index in [2.05, 4.69) is 10.6 Å². The molecular formula is C42H43N2NaO20. The Bertz CT molecular complexity index is 2400. The quantitative estimate of drug-likeness (QED) is 0.0542. The molecule has 2 saturated heterocycles. The number of carbonyl (C=O) groups is 6. The van der Waals surface area contributed by atoms with Crippen molar-refractivity contribution in [2.75, 3.05) is 12.4 Å². The number of methoxy groups -OCH3 is 1. The van der Waals surface area contributed by atoms with Crippen LogP contribution < -0.4 is 50.0 Å². The molecule has 0 bridgehead atoms. The van der Waals surface area contributed by atoms with Gasteiger partial charge < -0.3 is 79.4 Å². The van der Waals surface area contributed by atoms with Crippen molar-refractivity contribution < 1.29 is 128 Å². The molecule has 0 saturated carbocycles. The van der Waals surface area contributed by atoms with Crippen molar-refractivity contribution >= 4 is 41.2 Å². The van der Waals surface area contributed by atoms with Crippen molar-refractivity contribution in [3.63, 3.8) is 0 Å². The summed E-state index contributed by atoms with van der Waals surface area (Å²) in [6, 6.07) is 8.84. The fraction of sp³-hybridized carbons (Fsp3) is 0.429. The van der Waals surface area contributed by atoms with E-state index in [1.807, 2.05) is 0 Å². The second-order valence-corrected chi connectivity index (χ2v) is 15.7. The van der Waals surface area contributed by atoms with Crippen LogP contribution in [0, 0.1) is 0 Å². The number of ketones is 3. The molecule has 0 spiro atoms. The van der Waals surface area contributed by atoms with Crippen molar-refractivity contribution in [3.8, 4) is 17.2 Å². The topological polar surface area (TPSA) is 347 Å². The molecule has 2 aliphatic heterocycles. The van der Waals surface area contributed by atoms with Crippen LogP contribution in [0.1, 0.15) is 81.3 Å². The Morgan fingerprint density at radius 2 is 1.55 bits per heavy atom. The molecule has 342 valence electrons. The van der Waals surface area contributed by atoms with Gasteiger partial charge in [-0.1, -0.05) is 24.3 Å². The largest absolute Gasteiger partial charge is 1.00 e. The van der Waals surface area contributed by atoms with Crippen molar-refractivity contribution in [1.82, 2.24) is 5.32 Å². The maximum Gasteiger partial charge on any atom is 1.00 e. The smallest absolute Gasteiger partial charge is 0.547 e. The van der Waals surface area contributed by atoms with Crippen LogP contribution >= 0.6 is 0 Å². The zero-order valence-corrected chi connectivity index (χ0v) is 37.1. The van der Waals surface area contributed by atoms with E-state index >= 15 is 0 Å². The van der Waals surface area contributed by atoms with Gasteiger partial charge in [-0.15, -0.1) is 0 Å². The Balaban J connectivity index is 0.00000700. The number of aliphatic hydroxyl groups is 5. The molecule has 65 heavy (non-hydrogen) atoms. The summed E-state index contributed by atoms with van der Waals surface area (Å²) < 4.78 is 32.5. The van der Waals surface area contributed by atoms with Crippen LogP contribution in [0.4, 0.5) is 15.3 Å². The molecule has 4 aliphatic rings. The van der Waals surface area contributed by atoms with Gasteiger partial charge in [0.25, 0.3) is 0 Å². The average Bonchev–Trinajstić information content (AvgIpc) is 3.25. The van der Waals surface area contributed by atoms with E-state index in [1.54, 1.807) is 0 Å². The molecule has 3 aromatic carbocycles. The van der Waals surface area contributed by atoms with Gasteiger partial charge in [-0.2, -0.15) is 0 Å². The molecule has 2 amide bonds. The molecule has 2 fully saturated rings. The molecule has 0 radical (unpaired) electrons. The molecule has 7 rings (SSSR count). The number of alkyl carbamates (subject to hydrolysis) is 1. The number of aliphatic hydroxyl groups excluding tert-OH is 4. The number of phenols is 2. The number of aliphatic carboxylic acids is 1. The van der Waals surface area contributed by atoms with Gasteiger partial charge in [-0.3, -0.25) is 19.7 Å². The third-order valence-corrected chi connectivity index (χ3v) is 11.7. The van der Waals surface area contributed by atoms with Gasteiger partial charge in [0, 0.05) is 41.6 Å². The van der Waals surface area contributed by atoms with E-state index in [0.29, 0.717) is 5.56 Å². The number of Topliss-reactive ketones (excluding diaryl/α,β-unsaturated/α-hetero) is 1. The predicted octanol–water partition coefficient (Wildman–Crippen LogP) is -3.89. The molecule has 0 unspecified atom stereocenters. The fourth-order valence-electron chi connectivity index (χ4n) is 8.19. The SMILES string of the molecule is COc1cccc2c1C(=O)c1c(O)c3c(c(O)c1C2=O)C[C@@](O)(C(C)=O)C[C@@H]3O[C@H]1C[C@H](NC(=O)OCc2ccc(NC(=O)O[C@@H]3O[C@H](C(=O)[O-])[C@@H](O)[C@H](O)[C@H]3O)cc2)[C@H](O)[C@H](C)O1.[Na+]. The number of carboxylic acid groups (broad SMARTS) is 1. The summed E-state index contributed by atoms with van der Waals surface area (Å²) in [5.74, 6) is -5.72. The Morgan fingerprint density at radius 3 is 2.20 bits per heavy atom. The zero-order chi connectivity index (χ0) is 46.5. The number of carboxylic acids is 1. The number of hydrogen-bond acceptors (Lipinski definition) is 20. The second-order valence-electron chi connectivity index (χ2n) is 15.7. The first-order chi connectivity index (χ1) is 30.2. The minimum atomic E-state index is -2.17. The van der Waals surface area contributed by atoms with Gasteiger partial charge in [0.05, 0.1) is 48.0 Å². The Labute approximate surface area is 390 Å². The van der Waals surface area contributed by atoms with Crippen LogP contribution in [0.3, 0.4) is 0 Å². The fourth-order valence-corrected chi connectivity index (χ4v) is 8.19. The van der Waals surface area contributed by atoms with Gasteiger partial charge >= 0.3 is 41.7 Å². The van der Waals surface area contributed by atoms with E-state index in [0.717, 1.165) is 6.92 Å². The summed E-state index contributed by atoms with van der Waals surface area (Å²) in [7, 11) is 1.29. The van der Waals surface area contributed by atoms with Gasteiger partial charge in [-0.25, -0.2) is 9.59 Å². The van der Waals surface area contributed by atoms with E-state index in [9.17, 15) is 69.6 Å². The molecule has 22 nitrogen and oxygen atoms in total. The Kier molecular flexibility index (Phi) is 14.6. The number of nitrogens with one attached hydrogen (secondary N) is 2. The maximum absolute atomic E-state index is 13.9. The van der Waals surface area contributed by atoms with E-state index in [-0.39, 0.29) is 76.3 Å². The number of rotatable bonds is 10. The van der Waals surface area contributed by atoms with Crippen LogP contribution in [-0.2, 0) is 46.3 Å². The number of hydrogen-bond donors (Lipinski definition) is 9. The van der Waals surface area contributed by atoms with Crippen LogP contribution in [0.2, 0.25) is 0 Å². The third-order valence-electron chi connectivity index (χ3n) is 11.7. The summed E-state index contributed by atoms with van der Waals surface area (Å²) in [6.45, 7) is 2.27. The van der Waals surface area contributed by atoms with Gasteiger partial charge in [-0.05, 0) is 37.6 Å². The first-order valence-corrected chi connectivity index (χ1v) is 19.7. The first kappa shape index (κ1) is 49.2. The van der Waals surface area contributed by atoms with E-state index in [4.69, 9.17) is 28.4 Å². The summed E-state index contributed by atoms with van der Waals surface area (Å²) in [5.41, 5.74) is -3.33. The molecule has 23 heteroatoms. The van der Waals surface area contributed by atoms with E-state index in [1.165, 1.54) is 56.5 Å². The van der Waals surface area contributed by atoms with Crippen molar-refractivity contribution in [3.05, 3.63) is 81.4 Å². The molecule has 11 atom stereocenters. The van der Waals surface area contributed by atoms with Gasteiger partial charge in [0.2, 0.25) is 12.1 Å². The predicted molar refractivity (Wildman–Crippen MR) is 208 cm³/mol. The van der Waals surface area contributed by atoms with Crippen molar-refractivity contribution in [1.29, 1.82) is 0 Å². The monoisotopic (exact) mass is 918 g/mol. The number of aromatic hydroxyl groups is 2. The van der Waals surface area contributed by atoms with Crippen LogP contribution in [-0.4, -0.2) is 139 Å². The van der Waals surface area contributed by atoms with Crippen LogP contribution in [0.15, 0.2) is 42.5 Å². The van der Waals surface area contributed by atoms with Crippen LogP contribution in [0.25, 0.3) is 0 Å². The Hall–Kier alpha value is -5.24. The van der Waals surface area contributed by atoms with Crippen molar-refractivity contribution in [2.45, 2.75) is 107 Å². The Morgan fingerprint density at radius 1 is 0.877 bits per heavy atom. The summed E-state index contributed by atoms with van der Waals surface area (Å²) in [5, 5.41) is 91.6. The van der Waals surface area contributed by atoms with Crippen LogP contribution in [0.5, 0.6) is 17.2 Å². The average molecular weight is 919 g/mol. The van der Waals surface area contributed by atoms with E-state index < -0.39 is 138 Å². The first-order valence-electron chi connectivity index (χ1n) is 19.7. The molecule has 3 aromatic rings. The molecule has 2 aliphatic carbocycles. The van der Waals surface area contributed by atoms with Gasteiger partial charge in [0.1, 0.15) is 60.0 Å². The molecule has 0 aromatic heterocycles. The minimum absolute atomic E-state index is 0. The van der Waals surface area contributed by atoms with Gasteiger partial charge in [0.15, 0.2) is 17.9 Å². The summed E-state index contributed by atoms with van der Waals surface area (Å²) in [6.07, 6.45) is -18.7. The molecular weight excluding hydrogens is 875 g/mol. The number of amides is 2. The number of phenolic OH excluding ortho intramolecular Hbond substituents is 2. The number of anilines is 1. The van der Waals surface area contributed by atoms with Crippen molar-refractivity contribution in [2.24, 2.45) is 0 Å².